The molecule has 0 unspecified atom stereocenters. The van der Waals surface area contributed by atoms with Crippen LogP contribution in [0.15, 0.2) is 40.9 Å². The van der Waals surface area contributed by atoms with Gasteiger partial charge in [-0.3, -0.25) is 10.1 Å². The molecule has 0 saturated carbocycles. The lowest BCUT2D eigenvalue weighted by Crippen LogP contribution is -2.17. The fraction of sp³-hybridized carbons (Fsp3) is 0.222. The molecule has 1 amide bonds. The minimum absolute atomic E-state index is 0.0732. The maximum atomic E-state index is 12.2. The Hall–Kier alpha value is -3.22. The van der Waals surface area contributed by atoms with Crippen LogP contribution in [0.1, 0.15) is 17.1 Å². The van der Waals surface area contributed by atoms with Gasteiger partial charge in [-0.2, -0.15) is 0 Å². The summed E-state index contributed by atoms with van der Waals surface area (Å²) < 4.78 is 10.5. The minimum Gasteiger partial charge on any atom is -0.497 e. The van der Waals surface area contributed by atoms with Crippen LogP contribution in [0.25, 0.3) is 11.3 Å². The van der Waals surface area contributed by atoms with Gasteiger partial charge >= 0.3 is 0 Å². The first-order valence-electron chi connectivity index (χ1n) is 7.75. The maximum Gasteiger partial charge on any atom is 0.232 e. The summed E-state index contributed by atoms with van der Waals surface area (Å²) >= 11 is 0. The second kappa shape index (κ2) is 7.12. The molecule has 0 spiro atoms. The molecule has 3 aromatic rings. The van der Waals surface area contributed by atoms with Crippen LogP contribution in [0.5, 0.6) is 5.75 Å². The van der Waals surface area contributed by atoms with Gasteiger partial charge in [0.25, 0.3) is 0 Å². The van der Waals surface area contributed by atoms with Gasteiger partial charge in [0, 0.05) is 23.0 Å². The summed E-state index contributed by atoms with van der Waals surface area (Å²) in [7, 11) is 1.60. The van der Waals surface area contributed by atoms with Crippen LogP contribution < -0.4 is 10.1 Å². The van der Waals surface area contributed by atoms with Gasteiger partial charge in [-0.25, -0.2) is 9.97 Å². The van der Waals surface area contributed by atoms with Crippen LogP contribution in [-0.4, -0.2) is 28.1 Å². The van der Waals surface area contributed by atoms with Gasteiger partial charge in [-0.15, -0.1) is 0 Å². The summed E-state index contributed by atoms with van der Waals surface area (Å²) in [4.78, 5) is 20.5. The van der Waals surface area contributed by atoms with E-state index in [0.29, 0.717) is 17.4 Å². The highest BCUT2D eigenvalue weighted by Crippen LogP contribution is 2.24. The second-order valence-electron chi connectivity index (χ2n) is 5.61. The molecule has 0 aliphatic rings. The molecule has 3 rings (SSSR count). The van der Waals surface area contributed by atoms with Crippen molar-refractivity contribution in [3.63, 3.8) is 0 Å². The number of carbonyl (C=O) groups is 1. The number of amides is 1. The Morgan fingerprint density at radius 2 is 1.92 bits per heavy atom. The molecule has 2 aromatic heterocycles. The molecule has 0 fully saturated rings. The Bertz CT molecular complexity index is 885. The fourth-order valence-electron chi connectivity index (χ4n) is 2.42. The summed E-state index contributed by atoms with van der Waals surface area (Å²) in [6, 6.07) is 11.0. The monoisotopic (exact) mass is 338 g/mol. The number of benzene rings is 1. The molecule has 25 heavy (non-hydrogen) atoms. The van der Waals surface area contributed by atoms with Gasteiger partial charge in [-0.05, 0) is 32.0 Å². The van der Waals surface area contributed by atoms with Crippen molar-refractivity contribution in [3.05, 3.63) is 53.5 Å². The van der Waals surface area contributed by atoms with E-state index in [1.807, 2.05) is 44.2 Å². The molecule has 0 aliphatic carbocycles. The zero-order valence-corrected chi connectivity index (χ0v) is 14.2. The minimum atomic E-state index is -0.254. The topological polar surface area (TPSA) is 90.1 Å². The molecule has 1 aromatic carbocycles. The van der Waals surface area contributed by atoms with Crippen LogP contribution in [0.4, 0.5) is 5.95 Å². The summed E-state index contributed by atoms with van der Waals surface area (Å²) in [6.07, 6.45) is 0.0732. The third kappa shape index (κ3) is 4.20. The quantitative estimate of drug-likeness (QED) is 0.769. The van der Waals surface area contributed by atoms with Gasteiger partial charge in [0.2, 0.25) is 11.9 Å². The molecule has 128 valence electrons. The number of aromatic nitrogens is 3. The van der Waals surface area contributed by atoms with Crippen molar-refractivity contribution >= 4 is 11.9 Å². The summed E-state index contributed by atoms with van der Waals surface area (Å²) in [5.41, 5.74) is 2.95. The zero-order valence-electron chi connectivity index (χ0n) is 14.2. The number of nitrogens with zero attached hydrogens (tertiary/aromatic N) is 3. The number of methoxy groups -OCH3 is 1. The number of carbonyl (C=O) groups excluding carboxylic acids is 1. The van der Waals surface area contributed by atoms with E-state index >= 15 is 0 Å². The van der Waals surface area contributed by atoms with Gasteiger partial charge < -0.3 is 9.26 Å². The number of aryl methyl sites for hydroxylation is 2. The molecule has 7 nitrogen and oxygen atoms in total. The first-order chi connectivity index (χ1) is 12.0. The highest BCUT2D eigenvalue weighted by Gasteiger charge is 2.12. The average molecular weight is 338 g/mol. The number of ether oxygens (including phenoxy) is 1. The van der Waals surface area contributed by atoms with Crippen molar-refractivity contribution in [2.24, 2.45) is 0 Å². The Labute approximate surface area is 145 Å². The molecule has 0 bridgehead atoms. The number of hydrogen-bond donors (Lipinski definition) is 1. The third-order valence-electron chi connectivity index (χ3n) is 3.49. The summed E-state index contributed by atoms with van der Waals surface area (Å²) in [5.74, 6) is 1.33. The van der Waals surface area contributed by atoms with Crippen LogP contribution >= 0.6 is 0 Å². The predicted octanol–water partition coefficient (Wildman–Crippen LogP) is 2.94. The maximum absolute atomic E-state index is 12.2. The van der Waals surface area contributed by atoms with Crippen molar-refractivity contribution in [1.82, 2.24) is 15.1 Å². The molecule has 0 aliphatic heterocycles. The molecule has 0 atom stereocenters. The lowest BCUT2D eigenvalue weighted by atomic mass is 10.1. The highest BCUT2D eigenvalue weighted by molar-refractivity contribution is 5.90. The van der Waals surface area contributed by atoms with Crippen molar-refractivity contribution < 1.29 is 14.1 Å². The van der Waals surface area contributed by atoms with Crippen molar-refractivity contribution in [3.8, 4) is 17.1 Å². The van der Waals surface area contributed by atoms with Gasteiger partial charge in [0.1, 0.15) is 5.75 Å². The number of nitrogens with one attached hydrogen (secondary N) is 1. The van der Waals surface area contributed by atoms with Crippen LogP contribution in [0.2, 0.25) is 0 Å². The van der Waals surface area contributed by atoms with Crippen molar-refractivity contribution in [2.75, 3.05) is 12.4 Å². The number of anilines is 1. The van der Waals surface area contributed by atoms with Crippen LogP contribution in [-0.2, 0) is 11.2 Å². The number of rotatable bonds is 5. The Morgan fingerprint density at radius 3 is 2.64 bits per heavy atom. The van der Waals surface area contributed by atoms with Gasteiger partial charge in [0.15, 0.2) is 5.76 Å². The predicted molar refractivity (Wildman–Crippen MR) is 92.3 cm³/mol. The van der Waals surface area contributed by atoms with Crippen molar-refractivity contribution in [1.29, 1.82) is 0 Å². The van der Waals surface area contributed by atoms with E-state index in [0.717, 1.165) is 22.7 Å². The SMILES string of the molecule is COc1cccc(-c2cc(CC(=O)Nc3nc(C)cc(C)n3)no2)c1. The Morgan fingerprint density at radius 1 is 1.16 bits per heavy atom. The molecule has 0 saturated heterocycles. The Balaban J connectivity index is 1.69. The second-order valence-corrected chi connectivity index (χ2v) is 5.61. The summed E-state index contributed by atoms with van der Waals surface area (Å²) in [5, 5.41) is 6.62. The molecule has 2 heterocycles. The first kappa shape index (κ1) is 16.6. The third-order valence-corrected chi connectivity index (χ3v) is 3.49. The normalized spacial score (nSPS) is 10.5. The van der Waals surface area contributed by atoms with E-state index in [1.165, 1.54) is 0 Å². The lowest BCUT2D eigenvalue weighted by Gasteiger charge is -2.04. The van der Waals surface area contributed by atoms with Gasteiger partial charge in [-0.1, -0.05) is 17.3 Å². The first-order valence-corrected chi connectivity index (χ1v) is 7.75. The zero-order chi connectivity index (χ0) is 17.8. The van der Waals surface area contributed by atoms with E-state index in [1.54, 1.807) is 13.2 Å². The smallest absolute Gasteiger partial charge is 0.232 e. The fourth-order valence-corrected chi connectivity index (χ4v) is 2.42. The molecule has 7 heteroatoms. The Kier molecular flexibility index (Phi) is 4.74. The number of hydrogen-bond acceptors (Lipinski definition) is 6. The van der Waals surface area contributed by atoms with E-state index < -0.39 is 0 Å². The largest absolute Gasteiger partial charge is 0.497 e. The van der Waals surface area contributed by atoms with Gasteiger partial charge in [0.05, 0.1) is 19.2 Å². The molecular weight excluding hydrogens is 320 g/mol. The molecule has 0 radical (unpaired) electrons. The van der Waals surface area contributed by atoms with E-state index in [2.05, 4.69) is 20.4 Å². The van der Waals surface area contributed by atoms with Crippen LogP contribution in [0, 0.1) is 13.8 Å². The lowest BCUT2D eigenvalue weighted by molar-refractivity contribution is -0.115. The van der Waals surface area contributed by atoms with Crippen molar-refractivity contribution in [2.45, 2.75) is 20.3 Å². The van der Waals surface area contributed by atoms with E-state index in [4.69, 9.17) is 9.26 Å². The van der Waals surface area contributed by atoms with Crippen LogP contribution in [0.3, 0.4) is 0 Å². The van der Waals surface area contributed by atoms with E-state index in [9.17, 15) is 4.79 Å². The average Bonchev–Trinajstić information content (AvgIpc) is 3.02. The summed E-state index contributed by atoms with van der Waals surface area (Å²) in [6.45, 7) is 3.70. The van der Waals surface area contributed by atoms with E-state index in [-0.39, 0.29) is 12.3 Å². The molecule has 1 N–H and O–H groups in total. The standard InChI is InChI=1S/C18H18N4O3/c1-11-7-12(2)20-18(19-11)21-17(23)10-14-9-16(25-22-14)13-5-4-6-15(8-13)24-3/h4-9H,10H2,1-3H3,(H,19,20,21,23). The molecular formula is C18H18N4O3. The highest BCUT2D eigenvalue weighted by atomic mass is 16.5.